The van der Waals surface area contributed by atoms with Gasteiger partial charge in [-0.3, -0.25) is 0 Å². The largest absolute Gasteiger partial charge is 0.493 e. The maximum Gasteiger partial charge on any atom is 0.162 e. The summed E-state index contributed by atoms with van der Waals surface area (Å²) in [7, 11) is 1.53. The second-order valence-corrected chi connectivity index (χ2v) is 3.92. The molecule has 3 N–H and O–H groups in total. The molecule has 0 unspecified atom stereocenters. The van der Waals surface area contributed by atoms with Crippen LogP contribution in [-0.4, -0.2) is 12.1 Å². The monoisotopic (exact) mass is 270 g/mol. The summed E-state index contributed by atoms with van der Waals surface area (Å²) in [6.07, 6.45) is 0. The SMILES string of the molecule is COc1cc(C#N)ccc1OCc1cccc(NN)n1. The van der Waals surface area contributed by atoms with Gasteiger partial charge in [0.05, 0.1) is 24.4 Å². The summed E-state index contributed by atoms with van der Waals surface area (Å²) in [5.74, 6) is 6.93. The highest BCUT2D eigenvalue weighted by Crippen LogP contribution is 2.28. The lowest BCUT2D eigenvalue weighted by Gasteiger charge is -2.11. The zero-order chi connectivity index (χ0) is 14.4. The fraction of sp³-hybridized carbons (Fsp3) is 0.143. The summed E-state index contributed by atoms with van der Waals surface area (Å²) in [5, 5.41) is 8.84. The number of hydrazine groups is 1. The molecule has 0 spiro atoms. The van der Waals surface area contributed by atoms with Gasteiger partial charge in [0.25, 0.3) is 0 Å². The fourth-order valence-corrected chi connectivity index (χ4v) is 1.65. The van der Waals surface area contributed by atoms with Gasteiger partial charge in [0.15, 0.2) is 11.5 Å². The second kappa shape index (κ2) is 6.41. The molecule has 0 fully saturated rings. The molecule has 1 heterocycles. The molecule has 102 valence electrons. The van der Waals surface area contributed by atoms with E-state index >= 15 is 0 Å². The van der Waals surface area contributed by atoms with Crippen LogP contribution in [0.1, 0.15) is 11.3 Å². The van der Waals surface area contributed by atoms with Gasteiger partial charge in [-0.25, -0.2) is 10.8 Å². The Balaban J connectivity index is 2.12. The molecule has 2 rings (SSSR count). The predicted molar refractivity (Wildman–Crippen MR) is 74.1 cm³/mol. The van der Waals surface area contributed by atoms with Crippen LogP contribution in [0.4, 0.5) is 5.82 Å². The molecule has 0 saturated heterocycles. The van der Waals surface area contributed by atoms with Crippen LogP contribution in [0.25, 0.3) is 0 Å². The highest BCUT2D eigenvalue weighted by molar-refractivity contribution is 5.46. The third kappa shape index (κ3) is 3.16. The van der Waals surface area contributed by atoms with Gasteiger partial charge in [0.2, 0.25) is 0 Å². The Morgan fingerprint density at radius 2 is 2.15 bits per heavy atom. The topological polar surface area (TPSA) is 93.2 Å². The van der Waals surface area contributed by atoms with E-state index in [4.69, 9.17) is 20.6 Å². The van der Waals surface area contributed by atoms with Crippen molar-refractivity contribution in [3.63, 3.8) is 0 Å². The van der Waals surface area contributed by atoms with E-state index in [2.05, 4.69) is 10.4 Å². The number of ether oxygens (including phenoxy) is 2. The normalized spacial score (nSPS) is 9.65. The van der Waals surface area contributed by atoms with Gasteiger partial charge in [-0.1, -0.05) is 6.07 Å². The first-order chi connectivity index (χ1) is 9.76. The van der Waals surface area contributed by atoms with E-state index in [1.165, 1.54) is 7.11 Å². The molecule has 0 aliphatic rings. The number of aromatic nitrogens is 1. The third-order valence-corrected chi connectivity index (χ3v) is 2.62. The third-order valence-electron chi connectivity index (χ3n) is 2.62. The van der Waals surface area contributed by atoms with Gasteiger partial charge in [-0.15, -0.1) is 0 Å². The minimum atomic E-state index is 0.276. The van der Waals surface area contributed by atoms with Crippen molar-refractivity contribution in [3.05, 3.63) is 47.7 Å². The van der Waals surface area contributed by atoms with Crippen LogP contribution in [0.15, 0.2) is 36.4 Å². The Morgan fingerprint density at radius 3 is 2.85 bits per heavy atom. The summed E-state index contributed by atoms with van der Waals surface area (Å²) in [5.41, 5.74) is 3.72. The fourth-order valence-electron chi connectivity index (χ4n) is 1.65. The molecule has 6 nitrogen and oxygen atoms in total. The number of methoxy groups -OCH3 is 1. The Morgan fingerprint density at radius 1 is 1.30 bits per heavy atom. The van der Waals surface area contributed by atoms with E-state index < -0.39 is 0 Å². The highest BCUT2D eigenvalue weighted by Gasteiger charge is 2.06. The van der Waals surface area contributed by atoms with E-state index in [1.54, 1.807) is 24.3 Å². The summed E-state index contributed by atoms with van der Waals surface area (Å²) in [6, 6.07) is 12.5. The minimum absolute atomic E-state index is 0.276. The van der Waals surface area contributed by atoms with Gasteiger partial charge in [0, 0.05) is 6.07 Å². The molecule has 6 heteroatoms. The van der Waals surface area contributed by atoms with Crippen LogP contribution in [0.2, 0.25) is 0 Å². The first kappa shape index (κ1) is 13.6. The molecular formula is C14H14N4O2. The molecule has 1 aromatic heterocycles. The zero-order valence-electron chi connectivity index (χ0n) is 11.0. The maximum absolute atomic E-state index is 8.84. The molecule has 0 bridgehead atoms. The van der Waals surface area contributed by atoms with E-state index in [9.17, 15) is 0 Å². The van der Waals surface area contributed by atoms with E-state index in [0.717, 1.165) is 5.69 Å². The van der Waals surface area contributed by atoms with Crippen molar-refractivity contribution in [1.82, 2.24) is 4.98 Å². The number of benzene rings is 1. The van der Waals surface area contributed by atoms with Crippen molar-refractivity contribution in [1.29, 1.82) is 5.26 Å². The average Bonchev–Trinajstić information content (AvgIpc) is 2.52. The Bertz CT molecular complexity index is 637. The van der Waals surface area contributed by atoms with Crippen LogP contribution >= 0.6 is 0 Å². The molecule has 0 radical (unpaired) electrons. The van der Waals surface area contributed by atoms with Gasteiger partial charge in [-0.05, 0) is 24.3 Å². The molecule has 0 amide bonds. The first-order valence-electron chi connectivity index (χ1n) is 5.90. The van der Waals surface area contributed by atoms with Crippen molar-refractivity contribution >= 4 is 5.82 Å². The molecule has 0 aliphatic carbocycles. The van der Waals surface area contributed by atoms with E-state index in [1.807, 2.05) is 18.2 Å². The van der Waals surface area contributed by atoms with Gasteiger partial charge < -0.3 is 14.9 Å². The number of anilines is 1. The number of nitriles is 1. The quantitative estimate of drug-likeness (QED) is 0.636. The van der Waals surface area contributed by atoms with Crippen LogP contribution in [-0.2, 0) is 6.61 Å². The summed E-state index contributed by atoms with van der Waals surface area (Å²) in [6.45, 7) is 0.276. The first-order valence-corrected chi connectivity index (χ1v) is 5.90. The number of hydrogen-bond donors (Lipinski definition) is 2. The number of nitrogens with zero attached hydrogens (tertiary/aromatic N) is 2. The molecular weight excluding hydrogens is 256 g/mol. The standard InChI is InChI=1S/C14H14N4O2/c1-19-13-7-10(8-15)5-6-12(13)20-9-11-3-2-4-14(17-11)18-16/h2-7H,9,16H2,1H3,(H,17,18). The van der Waals surface area contributed by atoms with Crippen LogP contribution < -0.4 is 20.7 Å². The van der Waals surface area contributed by atoms with Gasteiger partial charge >= 0.3 is 0 Å². The molecule has 20 heavy (non-hydrogen) atoms. The van der Waals surface area contributed by atoms with Crippen LogP contribution in [0, 0.1) is 11.3 Å². The number of rotatable bonds is 5. The lowest BCUT2D eigenvalue weighted by molar-refractivity contribution is 0.281. The summed E-state index contributed by atoms with van der Waals surface area (Å²) in [4.78, 5) is 4.24. The van der Waals surface area contributed by atoms with Crippen LogP contribution in [0.5, 0.6) is 11.5 Å². The molecule has 0 atom stereocenters. The smallest absolute Gasteiger partial charge is 0.162 e. The number of nitrogens with one attached hydrogen (secondary N) is 1. The molecule has 0 aliphatic heterocycles. The van der Waals surface area contributed by atoms with Crippen molar-refractivity contribution < 1.29 is 9.47 Å². The Hall–Kier alpha value is -2.78. The summed E-state index contributed by atoms with van der Waals surface area (Å²) >= 11 is 0. The Kier molecular flexibility index (Phi) is 4.37. The van der Waals surface area contributed by atoms with Gasteiger partial charge in [-0.2, -0.15) is 5.26 Å². The van der Waals surface area contributed by atoms with E-state index in [0.29, 0.717) is 22.9 Å². The van der Waals surface area contributed by atoms with Crippen molar-refractivity contribution in [2.75, 3.05) is 12.5 Å². The number of pyridine rings is 1. The minimum Gasteiger partial charge on any atom is -0.493 e. The number of hydrogen-bond acceptors (Lipinski definition) is 6. The molecule has 0 saturated carbocycles. The van der Waals surface area contributed by atoms with Crippen molar-refractivity contribution in [3.8, 4) is 17.6 Å². The Labute approximate surface area is 116 Å². The molecule has 1 aromatic carbocycles. The number of nitrogen functional groups attached to an aromatic ring is 1. The second-order valence-electron chi connectivity index (χ2n) is 3.92. The van der Waals surface area contributed by atoms with E-state index in [-0.39, 0.29) is 6.61 Å². The highest BCUT2D eigenvalue weighted by atomic mass is 16.5. The zero-order valence-corrected chi connectivity index (χ0v) is 11.0. The summed E-state index contributed by atoms with van der Waals surface area (Å²) < 4.78 is 10.8. The predicted octanol–water partition coefficient (Wildman–Crippen LogP) is 1.83. The van der Waals surface area contributed by atoms with Crippen LogP contribution in [0.3, 0.4) is 0 Å². The van der Waals surface area contributed by atoms with Crippen molar-refractivity contribution in [2.45, 2.75) is 6.61 Å². The van der Waals surface area contributed by atoms with Crippen molar-refractivity contribution in [2.24, 2.45) is 5.84 Å². The van der Waals surface area contributed by atoms with Gasteiger partial charge in [0.1, 0.15) is 12.4 Å². The lowest BCUT2D eigenvalue weighted by Crippen LogP contribution is -2.10. The molecule has 2 aromatic rings. The average molecular weight is 270 g/mol. The maximum atomic E-state index is 8.84. The number of nitrogens with two attached hydrogens (primary N) is 1. The lowest BCUT2D eigenvalue weighted by atomic mass is 10.2.